The first-order chi connectivity index (χ1) is 11.2. The Morgan fingerprint density at radius 2 is 2.30 bits per heavy atom. The number of nitrogens with one attached hydrogen (secondary N) is 1. The summed E-state index contributed by atoms with van der Waals surface area (Å²) in [7, 11) is 3.33. The van der Waals surface area contributed by atoms with Gasteiger partial charge < -0.3 is 25.1 Å². The van der Waals surface area contributed by atoms with Crippen molar-refractivity contribution in [1.82, 2.24) is 20.1 Å². The molecule has 1 amide bonds. The monoisotopic (exact) mass is 325 g/mol. The van der Waals surface area contributed by atoms with Gasteiger partial charge in [0.25, 0.3) is 0 Å². The van der Waals surface area contributed by atoms with Crippen LogP contribution in [0.15, 0.2) is 6.33 Å². The number of carbonyl (C=O) groups excluding carboxylic acids is 1. The number of carbonyl (C=O) groups is 1. The molecule has 2 rings (SSSR count). The maximum atomic E-state index is 12.3. The van der Waals surface area contributed by atoms with Crippen molar-refractivity contribution in [3.05, 3.63) is 12.2 Å². The molecule has 8 heteroatoms. The van der Waals surface area contributed by atoms with E-state index in [-0.39, 0.29) is 24.0 Å². The van der Waals surface area contributed by atoms with Crippen LogP contribution in [0, 0.1) is 5.92 Å². The molecular weight excluding hydrogens is 298 g/mol. The summed E-state index contributed by atoms with van der Waals surface area (Å²) in [6.45, 7) is 1.87. The predicted octanol–water partition coefficient (Wildman–Crippen LogP) is -0.274. The number of hydrogen-bond acceptors (Lipinski definition) is 6. The van der Waals surface area contributed by atoms with Crippen molar-refractivity contribution in [2.75, 3.05) is 27.4 Å². The molecule has 1 saturated carbocycles. The van der Waals surface area contributed by atoms with Crippen LogP contribution in [0.25, 0.3) is 0 Å². The summed E-state index contributed by atoms with van der Waals surface area (Å²) in [6, 6.07) is -0.0679. The van der Waals surface area contributed by atoms with Crippen molar-refractivity contribution in [3.8, 4) is 0 Å². The van der Waals surface area contributed by atoms with Crippen LogP contribution in [0.2, 0.25) is 0 Å². The molecule has 0 spiro atoms. The number of methoxy groups -OCH3 is 2. The highest BCUT2D eigenvalue weighted by Gasteiger charge is 2.31. The molecule has 0 aromatic carbocycles. The van der Waals surface area contributed by atoms with Gasteiger partial charge in [-0.1, -0.05) is 0 Å². The minimum Gasteiger partial charge on any atom is -0.383 e. The Kier molecular flexibility index (Phi) is 6.94. The van der Waals surface area contributed by atoms with Gasteiger partial charge >= 0.3 is 0 Å². The van der Waals surface area contributed by atoms with Gasteiger partial charge in [0.15, 0.2) is 0 Å². The molecule has 0 saturated heterocycles. The molecule has 0 unspecified atom stereocenters. The fraction of sp³-hybridized carbons (Fsp3) is 0.800. The van der Waals surface area contributed by atoms with Gasteiger partial charge in [-0.15, -0.1) is 10.2 Å². The lowest BCUT2D eigenvalue weighted by Crippen LogP contribution is -2.45. The summed E-state index contributed by atoms with van der Waals surface area (Å²) in [5.74, 6) is 0.892. The Morgan fingerprint density at radius 1 is 1.48 bits per heavy atom. The lowest BCUT2D eigenvalue weighted by atomic mass is 9.83. The van der Waals surface area contributed by atoms with E-state index in [1.54, 1.807) is 20.5 Å². The van der Waals surface area contributed by atoms with Gasteiger partial charge in [0, 0.05) is 45.7 Å². The average molecular weight is 325 g/mol. The molecule has 0 bridgehead atoms. The van der Waals surface area contributed by atoms with E-state index in [1.165, 1.54) is 0 Å². The molecule has 130 valence electrons. The molecule has 1 aromatic rings. The van der Waals surface area contributed by atoms with E-state index in [0.717, 1.165) is 18.7 Å². The predicted molar refractivity (Wildman–Crippen MR) is 84.7 cm³/mol. The zero-order valence-corrected chi connectivity index (χ0v) is 13.9. The van der Waals surface area contributed by atoms with Crippen molar-refractivity contribution >= 4 is 5.91 Å². The molecule has 3 N–H and O–H groups in total. The van der Waals surface area contributed by atoms with Crippen molar-refractivity contribution in [1.29, 1.82) is 0 Å². The smallest absolute Gasteiger partial charge is 0.223 e. The fourth-order valence-electron chi connectivity index (χ4n) is 3.00. The summed E-state index contributed by atoms with van der Waals surface area (Å²) >= 11 is 0. The maximum Gasteiger partial charge on any atom is 0.223 e. The molecule has 1 aliphatic rings. The van der Waals surface area contributed by atoms with Crippen LogP contribution in [0.5, 0.6) is 0 Å². The lowest BCUT2D eigenvalue weighted by molar-refractivity contribution is -0.127. The van der Waals surface area contributed by atoms with Crippen LogP contribution in [-0.4, -0.2) is 60.2 Å². The van der Waals surface area contributed by atoms with Gasteiger partial charge in [0.05, 0.1) is 12.7 Å². The summed E-state index contributed by atoms with van der Waals surface area (Å²) in [5, 5.41) is 11.0. The van der Waals surface area contributed by atoms with Gasteiger partial charge in [0.2, 0.25) is 5.91 Å². The number of aromatic nitrogens is 3. The number of hydrogen-bond donors (Lipinski definition) is 2. The second-order valence-corrected chi connectivity index (χ2v) is 5.92. The SMILES string of the molecule is COCCn1cnnc1CCNC(=O)[C@H]1CC[C@@H](OC)[C@H](N)C1. The highest BCUT2D eigenvalue weighted by molar-refractivity contribution is 5.78. The van der Waals surface area contributed by atoms with Crippen molar-refractivity contribution in [2.24, 2.45) is 11.7 Å². The Morgan fingerprint density at radius 3 is 3.00 bits per heavy atom. The van der Waals surface area contributed by atoms with E-state index in [1.807, 2.05) is 4.57 Å². The summed E-state index contributed by atoms with van der Waals surface area (Å²) in [6.07, 6.45) is 4.73. The normalized spacial score (nSPS) is 24.6. The highest BCUT2D eigenvalue weighted by Crippen LogP contribution is 2.25. The lowest BCUT2D eigenvalue weighted by Gasteiger charge is -2.32. The van der Waals surface area contributed by atoms with Gasteiger partial charge in [-0.2, -0.15) is 0 Å². The van der Waals surface area contributed by atoms with Crippen LogP contribution in [0.4, 0.5) is 0 Å². The minimum absolute atomic E-state index is 0.0252. The fourth-order valence-corrected chi connectivity index (χ4v) is 3.00. The summed E-state index contributed by atoms with van der Waals surface area (Å²) in [5.41, 5.74) is 6.05. The summed E-state index contributed by atoms with van der Waals surface area (Å²) < 4.78 is 12.3. The van der Waals surface area contributed by atoms with Crippen molar-refractivity contribution < 1.29 is 14.3 Å². The number of amides is 1. The molecule has 1 aliphatic carbocycles. The number of rotatable bonds is 8. The Balaban J connectivity index is 1.74. The topological polar surface area (TPSA) is 104 Å². The van der Waals surface area contributed by atoms with Gasteiger partial charge in [0.1, 0.15) is 12.2 Å². The molecule has 3 atom stereocenters. The maximum absolute atomic E-state index is 12.3. The Hall–Kier alpha value is -1.51. The molecule has 1 heterocycles. The van der Waals surface area contributed by atoms with E-state index in [4.69, 9.17) is 15.2 Å². The second-order valence-electron chi connectivity index (χ2n) is 5.92. The summed E-state index contributed by atoms with van der Waals surface area (Å²) in [4.78, 5) is 12.3. The van der Waals surface area contributed by atoms with Gasteiger partial charge in [-0.3, -0.25) is 4.79 Å². The molecule has 0 aliphatic heterocycles. The van der Waals surface area contributed by atoms with Crippen LogP contribution in [0.3, 0.4) is 0 Å². The van der Waals surface area contributed by atoms with Crippen molar-refractivity contribution in [2.45, 2.75) is 44.4 Å². The Bertz CT molecular complexity index is 493. The quantitative estimate of drug-likeness (QED) is 0.681. The molecule has 0 radical (unpaired) electrons. The minimum atomic E-state index is -0.0679. The Labute approximate surface area is 136 Å². The van der Waals surface area contributed by atoms with E-state index in [0.29, 0.717) is 32.5 Å². The first-order valence-corrected chi connectivity index (χ1v) is 8.07. The molecule has 1 aromatic heterocycles. The molecular formula is C15H27N5O3. The first kappa shape index (κ1) is 17.8. The standard InChI is InChI=1S/C15H27N5O3/c1-22-8-7-20-10-18-19-14(20)5-6-17-15(21)11-3-4-13(23-2)12(16)9-11/h10-13H,3-9,16H2,1-2H3,(H,17,21)/t11-,12+,13+/m0/s1. The molecule has 1 fully saturated rings. The van der Waals surface area contributed by atoms with Crippen LogP contribution >= 0.6 is 0 Å². The zero-order chi connectivity index (χ0) is 16.7. The third-order valence-electron chi connectivity index (χ3n) is 4.39. The second kappa shape index (κ2) is 8.95. The van der Waals surface area contributed by atoms with Crippen LogP contribution < -0.4 is 11.1 Å². The third-order valence-corrected chi connectivity index (χ3v) is 4.39. The number of nitrogens with two attached hydrogens (primary N) is 1. The largest absolute Gasteiger partial charge is 0.383 e. The van der Waals surface area contributed by atoms with Gasteiger partial charge in [-0.25, -0.2) is 0 Å². The number of nitrogens with zero attached hydrogens (tertiary/aromatic N) is 3. The molecule has 23 heavy (non-hydrogen) atoms. The van der Waals surface area contributed by atoms with E-state index in [9.17, 15) is 4.79 Å². The average Bonchev–Trinajstić information content (AvgIpc) is 3.00. The van der Waals surface area contributed by atoms with Crippen molar-refractivity contribution in [3.63, 3.8) is 0 Å². The van der Waals surface area contributed by atoms with Crippen LogP contribution in [-0.2, 0) is 27.2 Å². The molecule has 8 nitrogen and oxygen atoms in total. The van der Waals surface area contributed by atoms with Gasteiger partial charge in [-0.05, 0) is 19.3 Å². The van der Waals surface area contributed by atoms with E-state index < -0.39 is 0 Å². The van der Waals surface area contributed by atoms with Crippen LogP contribution in [0.1, 0.15) is 25.1 Å². The number of ether oxygens (including phenoxy) is 2. The zero-order valence-electron chi connectivity index (χ0n) is 13.9. The van der Waals surface area contributed by atoms with E-state index in [2.05, 4.69) is 15.5 Å². The third kappa shape index (κ3) is 4.98. The first-order valence-electron chi connectivity index (χ1n) is 8.07. The highest BCUT2D eigenvalue weighted by atomic mass is 16.5. The van der Waals surface area contributed by atoms with E-state index >= 15 is 0 Å².